The molecule has 0 atom stereocenters. The number of carbonyl (C=O) groups excluding carboxylic acids is 3. The minimum atomic E-state index is -0.558. The highest BCUT2D eigenvalue weighted by molar-refractivity contribution is 6.40. The number of nitrogens with zero attached hydrogens (tertiary/aromatic N) is 3. The van der Waals surface area contributed by atoms with Crippen LogP contribution in [0.1, 0.15) is 28.8 Å². The monoisotopic (exact) mass is 415 g/mol. The fourth-order valence-corrected chi connectivity index (χ4v) is 3.32. The van der Waals surface area contributed by atoms with Crippen molar-refractivity contribution in [2.24, 2.45) is 5.10 Å². The van der Waals surface area contributed by atoms with Gasteiger partial charge >= 0.3 is 0 Å². The summed E-state index contributed by atoms with van der Waals surface area (Å²) < 4.78 is 1.81. The lowest BCUT2D eigenvalue weighted by molar-refractivity contribution is -0.119. The molecule has 1 aliphatic heterocycles. The highest BCUT2D eigenvalue weighted by atomic mass is 16.2. The van der Waals surface area contributed by atoms with Crippen LogP contribution in [0.15, 0.2) is 78.2 Å². The minimum Gasteiger partial charge on any atom is -0.323 e. The van der Waals surface area contributed by atoms with Crippen molar-refractivity contribution in [3.8, 4) is 5.69 Å². The van der Waals surface area contributed by atoms with Crippen LogP contribution in [0.25, 0.3) is 5.69 Å². The quantitative estimate of drug-likeness (QED) is 0.642. The van der Waals surface area contributed by atoms with Crippen molar-refractivity contribution in [2.75, 3.05) is 5.01 Å². The maximum absolute atomic E-state index is 12.7. The van der Waals surface area contributed by atoms with Crippen LogP contribution in [0.5, 0.6) is 0 Å². The molecule has 0 aliphatic carbocycles. The van der Waals surface area contributed by atoms with Crippen LogP contribution in [-0.2, 0) is 9.59 Å². The lowest BCUT2D eigenvalue weighted by Gasteiger charge is -2.23. The summed E-state index contributed by atoms with van der Waals surface area (Å²) in [5.74, 6) is -1.20. The second-order valence-corrected chi connectivity index (χ2v) is 7.11. The number of aryl methyl sites for hydroxylation is 1. The molecule has 31 heavy (non-hydrogen) atoms. The van der Waals surface area contributed by atoms with Gasteiger partial charge in [0.25, 0.3) is 11.8 Å². The predicted molar refractivity (Wildman–Crippen MR) is 117 cm³/mol. The summed E-state index contributed by atoms with van der Waals surface area (Å²) in [6.45, 7) is 1.91. The van der Waals surface area contributed by atoms with Gasteiger partial charge in [-0.2, -0.15) is 5.10 Å². The van der Waals surface area contributed by atoms with Crippen molar-refractivity contribution in [1.29, 1.82) is 0 Å². The maximum atomic E-state index is 12.7. The van der Waals surface area contributed by atoms with E-state index in [1.54, 1.807) is 18.2 Å². The van der Waals surface area contributed by atoms with E-state index >= 15 is 0 Å². The van der Waals surface area contributed by atoms with Gasteiger partial charge in [-0.1, -0.05) is 24.3 Å². The number of hydrogen-bond acceptors (Lipinski definition) is 4. The topological polar surface area (TPSA) is 95.8 Å². The molecule has 0 spiro atoms. The Labute approximate surface area is 179 Å². The lowest BCUT2D eigenvalue weighted by atomic mass is 10.1. The second-order valence-electron chi connectivity index (χ2n) is 7.11. The van der Waals surface area contributed by atoms with E-state index in [1.165, 1.54) is 5.01 Å². The number of rotatable bonds is 4. The van der Waals surface area contributed by atoms with Gasteiger partial charge in [0, 0.05) is 25.2 Å². The largest absolute Gasteiger partial charge is 0.323 e. The van der Waals surface area contributed by atoms with Crippen molar-refractivity contribution in [2.45, 2.75) is 19.8 Å². The van der Waals surface area contributed by atoms with Crippen LogP contribution in [0.2, 0.25) is 0 Å². The van der Waals surface area contributed by atoms with Crippen molar-refractivity contribution < 1.29 is 14.4 Å². The van der Waals surface area contributed by atoms with Crippen LogP contribution in [0, 0.1) is 6.92 Å². The molecule has 156 valence electrons. The first-order valence-corrected chi connectivity index (χ1v) is 9.83. The third-order valence-electron chi connectivity index (χ3n) is 4.86. The van der Waals surface area contributed by atoms with E-state index in [2.05, 4.69) is 16.0 Å². The summed E-state index contributed by atoms with van der Waals surface area (Å²) in [4.78, 5) is 37.6. The van der Waals surface area contributed by atoms with Gasteiger partial charge in [0.1, 0.15) is 5.71 Å². The zero-order valence-corrected chi connectivity index (χ0v) is 16.9. The molecule has 4 rings (SSSR count). The van der Waals surface area contributed by atoms with Crippen LogP contribution in [0.4, 0.5) is 5.69 Å². The summed E-state index contributed by atoms with van der Waals surface area (Å²) >= 11 is 0. The number of hydrogen-bond donors (Lipinski definition) is 2. The molecule has 0 fully saturated rings. The van der Waals surface area contributed by atoms with Gasteiger partial charge < -0.3 is 4.57 Å². The van der Waals surface area contributed by atoms with E-state index in [-0.39, 0.29) is 24.5 Å². The summed E-state index contributed by atoms with van der Waals surface area (Å²) in [6.07, 6.45) is 4.02. The van der Waals surface area contributed by atoms with Crippen molar-refractivity contribution in [3.63, 3.8) is 0 Å². The molecule has 2 heterocycles. The van der Waals surface area contributed by atoms with E-state index in [0.29, 0.717) is 16.9 Å². The molecule has 1 aliphatic rings. The highest BCUT2D eigenvalue weighted by Crippen LogP contribution is 2.21. The molecule has 0 saturated heterocycles. The van der Waals surface area contributed by atoms with E-state index in [9.17, 15) is 14.4 Å². The summed E-state index contributed by atoms with van der Waals surface area (Å²) in [5, 5.41) is 5.45. The zero-order valence-electron chi connectivity index (χ0n) is 16.9. The lowest BCUT2D eigenvalue weighted by Crippen LogP contribution is -2.47. The van der Waals surface area contributed by atoms with Crippen molar-refractivity contribution in [3.05, 3.63) is 84.2 Å². The normalized spacial score (nSPS) is 13.5. The van der Waals surface area contributed by atoms with Gasteiger partial charge in [-0.3, -0.25) is 25.2 Å². The molecule has 0 bridgehead atoms. The van der Waals surface area contributed by atoms with Crippen LogP contribution in [0.3, 0.4) is 0 Å². The van der Waals surface area contributed by atoms with E-state index in [4.69, 9.17) is 0 Å². The Hall–Kier alpha value is -4.20. The van der Waals surface area contributed by atoms with E-state index in [0.717, 1.165) is 5.56 Å². The number of hydrazone groups is 1. The fourth-order valence-electron chi connectivity index (χ4n) is 3.32. The first-order chi connectivity index (χ1) is 15.0. The molecule has 0 radical (unpaired) electrons. The summed E-state index contributed by atoms with van der Waals surface area (Å²) in [6, 6.07) is 18.1. The standard InChI is InChI=1S/C23H21N5O3/c1-16-7-6-8-17(15-16)28-21(29)12-11-19(26-28)23(31)25-24-22(30)18-9-2-3-10-20(18)27-13-4-5-14-27/h2-10,13-15H,11-12H2,1H3,(H,24,30)(H,25,31). The number of para-hydroxylation sites is 1. The Morgan fingerprint density at radius 1 is 0.903 bits per heavy atom. The Bertz CT molecular complexity index is 1170. The number of hydrazine groups is 1. The summed E-state index contributed by atoms with van der Waals surface area (Å²) in [5.41, 5.74) is 7.67. The van der Waals surface area contributed by atoms with Gasteiger partial charge in [0.15, 0.2) is 0 Å². The number of aromatic nitrogens is 1. The molecule has 8 nitrogen and oxygen atoms in total. The highest BCUT2D eigenvalue weighted by Gasteiger charge is 2.26. The molecule has 0 unspecified atom stereocenters. The average molecular weight is 415 g/mol. The van der Waals surface area contributed by atoms with E-state index < -0.39 is 11.8 Å². The Morgan fingerprint density at radius 3 is 2.42 bits per heavy atom. The minimum absolute atomic E-state index is 0.157. The Balaban J connectivity index is 1.47. The number of anilines is 1. The van der Waals surface area contributed by atoms with Gasteiger partial charge in [0.2, 0.25) is 5.91 Å². The molecule has 2 N–H and O–H groups in total. The average Bonchev–Trinajstić information content (AvgIpc) is 3.32. The first kappa shape index (κ1) is 20.1. The predicted octanol–water partition coefficient (Wildman–Crippen LogP) is 2.73. The van der Waals surface area contributed by atoms with Gasteiger partial charge in [-0.25, -0.2) is 5.01 Å². The van der Waals surface area contributed by atoms with Crippen LogP contribution >= 0.6 is 0 Å². The number of carbonyl (C=O) groups is 3. The van der Waals surface area contributed by atoms with Gasteiger partial charge in [0.05, 0.1) is 16.9 Å². The molecule has 2 aromatic carbocycles. The van der Waals surface area contributed by atoms with Gasteiger partial charge in [-0.05, 0) is 48.9 Å². The van der Waals surface area contributed by atoms with Crippen molar-refractivity contribution in [1.82, 2.24) is 15.4 Å². The molecule has 8 heteroatoms. The van der Waals surface area contributed by atoms with Gasteiger partial charge in [-0.15, -0.1) is 0 Å². The third kappa shape index (κ3) is 4.37. The molecule has 3 amide bonds. The van der Waals surface area contributed by atoms with Crippen LogP contribution in [-0.4, -0.2) is 28.0 Å². The smallest absolute Gasteiger partial charge is 0.285 e. The molecule has 0 saturated carbocycles. The zero-order chi connectivity index (χ0) is 21.8. The molecule has 1 aromatic heterocycles. The Kier molecular flexibility index (Phi) is 5.61. The maximum Gasteiger partial charge on any atom is 0.285 e. The SMILES string of the molecule is Cc1cccc(N2N=C(C(=O)NNC(=O)c3ccccc3-n3cccc3)CCC2=O)c1. The summed E-state index contributed by atoms with van der Waals surface area (Å²) in [7, 11) is 0. The van der Waals surface area contributed by atoms with E-state index in [1.807, 2.05) is 66.3 Å². The number of benzene rings is 2. The fraction of sp³-hybridized carbons (Fsp3) is 0.130. The molecule has 3 aromatic rings. The number of amides is 3. The Morgan fingerprint density at radius 2 is 1.65 bits per heavy atom. The molecular formula is C23H21N5O3. The van der Waals surface area contributed by atoms with Crippen molar-refractivity contribution >= 4 is 29.1 Å². The number of nitrogens with one attached hydrogen (secondary N) is 2. The third-order valence-corrected chi connectivity index (χ3v) is 4.86. The van der Waals surface area contributed by atoms with Crippen LogP contribution < -0.4 is 15.9 Å². The first-order valence-electron chi connectivity index (χ1n) is 9.83. The second kappa shape index (κ2) is 8.66. The molecular weight excluding hydrogens is 394 g/mol.